The van der Waals surface area contributed by atoms with Crippen molar-refractivity contribution in [1.82, 2.24) is 4.90 Å². The smallest absolute Gasteiger partial charge is 0.324 e. The lowest BCUT2D eigenvalue weighted by atomic mass is 9.53. The number of ether oxygens (including phenoxy) is 1. The predicted octanol–water partition coefficient (Wildman–Crippen LogP) is 7.77. The quantitative estimate of drug-likeness (QED) is 0.132. The maximum Gasteiger partial charge on any atom is 0.324 e. The Kier molecular flexibility index (Phi) is 7.43. The Hall–Kier alpha value is -3.14. The molecular weight excluding hydrogens is 718 g/mol. The van der Waals surface area contributed by atoms with Crippen LogP contribution in [-0.2, 0) is 19.7 Å². The Morgan fingerprint density at radius 3 is 2.15 bits per heavy atom. The van der Waals surface area contributed by atoms with E-state index in [-0.39, 0.29) is 23.3 Å². The zero-order valence-electron chi connectivity index (χ0n) is 26.4. The van der Waals surface area contributed by atoms with E-state index in [1.165, 1.54) is 0 Å². The summed E-state index contributed by atoms with van der Waals surface area (Å²) in [5.41, 5.74) is 3.27. The van der Waals surface area contributed by atoms with Crippen molar-refractivity contribution in [2.75, 3.05) is 5.32 Å². The van der Waals surface area contributed by atoms with E-state index in [1.54, 1.807) is 0 Å². The SMILES string of the molecule is [B]c1cc(I)cc([C@H]2[C@@H]3C(=O)O[C@@H](c4ccccc4)[C@@H](c4ccccc4)N3C3(CCC(C)(C)CC3)[C@]23C(=O)Nc2cc(Cl)ccc23)c1. The molecule has 4 aromatic carbocycles. The summed E-state index contributed by atoms with van der Waals surface area (Å²) in [4.78, 5) is 32.6. The van der Waals surface area contributed by atoms with Gasteiger partial charge in [-0.1, -0.05) is 110 Å². The highest BCUT2D eigenvalue weighted by molar-refractivity contribution is 14.1. The van der Waals surface area contributed by atoms with Gasteiger partial charge in [0.15, 0.2) is 0 Å². The topological polar surface area (TPSA) is 58.6 Å². The summed E-state index contributed by atoms with van der Waals surface area (Å²) >= 11 is 8.84. The maximum atomic E-state index is 15.2. The molecule has 1 amide bonds. The Bertz CT molecular complexity index is 1870. The molecule has 5 atom stereocenters. The van der Waals surface area contributed by atoms with E-state index in [1.807, 2.05) is 78.9 Å². The molecule has 3 heterocycles. The summed E-state index contributed by atoms with van der Waals surface area (Å²) in [6, 6.07) is 31.0. The van der Waals surface area contributed by atoms with E-state index in [9.17, 15) is 4.79 Å². The number of carbonyl (C=O) groups is 2. The molecule has 0 aromatic heterocycles. The fraction of sp³-hybridized carbons (Fsp3) is 0.333. The first-order valence-electron chi connectivity index (χ1n) is 16.3. The van der Waals surface area contributed by atoms with Gasteiger partial charge in [-0.2, -0.15) is 0 Å². The molecule has 1 N–H and O–H groups in total. The van der Waals surface area contributed by atoms with Crippen LogP contribution >= 0.6 is 34.2 Å². The van der Waals surface area contributed by atoms with Gasteiger partial charge in [-0.15, -0.1) is 0 Å². The number of nitrogens with zero attached hydrogens (tertiary/aromatic N) is 1. The minimum Gasteiger partial charge on any atom is -0.454 e. The standard InChI is InChI=1S/C39H35BClIN2O3/c1-37(2)15-17-38(18-16-37)39(29-14-13-27(41)22-30(29)43-36(39)46)31(25-19-26(40)21-28(42)20-25)33-35(45)47-34(24-11-7-4-8-12-24)32(44(33)38)23-9-5-3-6-10-23/h3-14,19-22,31-34H,15-18H2,1-2H3,(H,43,46)/t31-,32+,33+,34-,39-/m0/s1. The summed E-state index contributed by atoms with van der Waals surface area (Å²) in [6.07, 6.45) is 2.71. The van der Waals surface area contributed by atoms with Crippen molar-refractivity contribution in [3.05, 3.63) is 128 Å². The number of carbonyl (C=O) groups excluding carboxylic acids is 2. The largest absolute Gasteiger partial charge is 0.454 e. The zero-order valence-corrected chi connectivity index (χ0v) is 29.3. The van der Waals surface area contributed by atoms with Gasteiger partial charge in [-0.25, -0.2) is 0 Å². The molecular formula is C39H35BClIN2O3. The molecule has 1 aliphatic carbocycles. The molecule has 3 fully saturated rings. The van der Waals surface area contributed by atoms with Gasteiger partial charge in [-0.05, 0) is 94.1 Å². The number of rotatable bonds is 3. The number of morpholine rings is 1. The van der Waals surface area contributed by atoms with Gasteiger partial charge in [0, 0.05) is 25.7 Å². The highest BCUT2D eigenvalue weighted by Crippen LogP contribution is 2.70. The summed E-state index contributed by atoms with van der Waals surface area (Å²) in [7, 11) is 6.54. The third-order valence-corrected chi connectivity index (χ3v) is 12.3. The number of benzene rings is 4. The second kappa shape index (κ2) is 11.2. The maximum absolute atomic E-state index is 15.2. The highest BCUT2D eigenvalue weighted by Gasteiger charge is 2.78. The fourth-order valence-electron chi connectivity index (χ4n) is 9.45. The normalized spacial score (nSPS) is 28.9. The van der Waals surface area contributed by atoms with Gasteiger partial charge in [0.2, 0.25) is 5.91 Å². The molecule has 4 aromatic rings. The highest BCUT2D eigenvalue weighted by atomic mass is 127. The van der Waals surface area contributed by atoms with Crippen LogP contribution in [0.3, 0.4) is 0 Å². The first-order valence-corrected chi connectivity index (χ1v) is 17.8. The number of hydrogen-bond donors (Lipinski definition) is 1. The molecule has 0 bridgehead atoms. The number of esters is 1. The van der Waals surface area contributed by atoms with Gasteiger partial charge in [0.1, 0.15) is 25.4 Å². The van der Waals surface area contributed by atoms with E-state index in [2.05, 4.69) is 64.9 Å². The minimum absolute atomic E-state index is 0.0852. The summed E-state index contributed by atoms with van der Waals surface area (Å²) in [6.45, 7) is 4.62. The number of nitrogens with one attached hydrogen (secondary N) is 1. The van der Waals surface area contributed by atoms with Crippen LogP contribution in [0.4, 0.5) is 5.69 Å². The third kappa shape index (κ3) is 4.59. The predicted molar refractivity (Wildman–Crippen MR) is 194 cm³/mol. The van der Waals surface area contributed by atoms with E-state index >= 15 is 4.79 Å². The summed E-state index contributed by atoms with van der Waals surface area (Å²) < 4.78 is 7.57. The molecule has 0 unspecified atom stereocenters. The van der Waals surface area contributed by atoms with Crippen molar-refractivity contribution in [2.45, 2.75) is 74.6 Å². The van der Waals surface area contributed by atoms with Crippen LogP contribution in [0.15, 0.2) is 97.1 Å². The Morgan fingerprint density at radius 2 is 1.49 bits per heavy atom. The zero-order chi connectivity index (χ0) is 32.7. The monoisotopic (exact) mass is 752 g/mol. The number of halogens is 2. The van der Waals surface area contributed by atoms with Crippen molar-refractivity contribution >= 4 is 65.1 Å². The van der Waals surface area contributed by atoms with Crippen LogP contribution in [0.1, 0.15) is 79.8 Å². The van der Waals surface area contributed by atoms with Crippen molar-refractivity contribution in [2.24, 2.45) is 5.41 Å². The number of fused-ring (bicyclic) bond motifs is 5. The second-order valence-electron chi connectivity index (χ2n) is 14.4. The van der Waals surface area contributed by atoms with Crippen molar-refractivity contribution in [3.8, 4) is 0 Å². The van der Waals surface area contributed by atoms with Gasteiger partial charge in [0.25, 0.3) is 0 Å². The Morgan fingerprint density at radius 1 is 0.830 bits per heavy atom. The van der Waals surface area contributed by atoms with E-state index in [4.69, 9.17) is 24.2 Å². The first-order chi connectivity index (χ1) is 22.6. The number of hydrogen-bond acceptors (Lipinski definition) is 4. The molecule has 8 rings (SSSR count). The molecule has 47 heavy (non-hydrogen) atoms. The molecule has 3 aliphatic heterocycles. The van der Waals surface area contributed by atoms with Crippen molar-refractivity contribution < 1.29 is 14.3 Å². The van der Waals surface area contributed by atoms with E-state index in [0.29, 0.717) is 16.2 Å². The lowest BCUT2D eigenvalue weighted by Crippen LogP contribution is -2.64. The van der Waals surface area contributed by atoms with Gasteiger partial charge >= 0.3 is 5.97 Å². The molecule has 2 spiro atoms. The van der Waals surface area contributed by atoms with Crippen LogP contribution in [0.5, 0.6) is 0 Å². The second-order valence-corrected chi connectivity index (χ2v) is 16.1. The molecule has 5 nitrogen and oxygen atoms in total. The number of cyclic esters (lactones) is 1. The first kappa shape index (κ1) is 31.2. The van der Waals surface area contributed by atoms with E-state index < -0.39 is 29.0 Å². The van der Waals surface area contributed by atoms with Gasteiger partial charge in [0.05, 0.1) is 6.04 Å². The summed E-state index contributed by atoms with van der Waals surface area (Å²) in [5, 5.41) is 3.83. The van der Waals surface area contributed by atoms with Crippen LogP contribution < -0.4 is 10.8 Å². The van der Waals surface area contributed by atoms with Crippen LogP contribution in [-0.4, -0.2) is 36.2 Å². The number of anilines is 1. The van der Waals surface area contributed by atoms with Gasteiger partial charge < -0.3 is 10.1 Å². The average molecular weight is 753 g/mol. The lowest BCUT2D eigenvalue weighted by molar-refractivity contribution is -0.184. The third-order valence-electron chi connectivity index (χ3n) is 11.4. The summed E-state index contributed by atoms with van der Waals surface area (Å²) in [5.74, 6) is -0.981. The molecule has 236 valence electrons. The van der Waals surface area contributed by atoms with Crippen LogP contribution in [0.2, 0.25) is 5.02 Å². The molecule has 2 radical (unpaired) electrons. The van der Waals surface area contributed by atoms with Gasteiger partial charge in [-0.3, -0.25) is 14.5 Å². The lowest BCUT2D eigenvalue weighted by Gasteiger charge is -2.57. The molecule has 8 heteroatoms. The van der Waals surface area contributed by atoms with Crippen molar-refractivity contribution in [1.29, 1.82) is 0 Å². The Balaban J connectivity index is 1.48. The van der Waals surface area contributed by atoms with Crippen LogP contribution in [0, 0.1) is 8.99 Å². The number of amides is 1. The average Bonchev–Trinajstić information content (AvgIpc) is 3.48. The van der Waals surface area contributed by atoms with E-state index in [0.717, 1.165) is 51.5 Å². The fourth-order valence-corrected chi connectivity index (χ4v) is 10.3. The van der Waals surface area contributed by atoms with Crippen molar-refractivity contribution in [3.63, 3.8) is 0 Å². The molecule has 2 saturated heterocycles. The molecule has 4 aliphatic rings. The Labute approximate surface area is 296 Å². The van der Waals surface area contributed by atoms with Crippen LogP contribution in [0.25, 0.3) is 0 Å². The molecule has 1 saturated carbocycles. The minimum atomic E-state index is -1.12.